The standard InChI is InChI=1S/C24H23F2N5O4/c1-4-19(33)30-8-7-14(11-30)31-23-13(12-32)10-28-24(27)20(23)16(29-31)6-5-15-21(25)17(34-2)9-18(35-3)22(15)26/h4,9-10,14,32H,1,7-8,11-12H2,2-3H3,(H2,27,28). The summed E-state index contributed by atoms with van der Waals surface area (Å²) in [4.78, 5) is 17.8. The lowest BCUT2D eigenvalue weighted by Crippen LogP contribution is -2.27. The van der Waals surface area contributed by atoms with Gasteiger partial charge in [0, 0.05) is 30.9 Å². The highest BCUT2D eigenvalue weighted by Crippen LogP contribution is 2.33. The number of nitrogen functional groups attached to an aromatic ring is 1. The highest BCUT2D eigenvalue weighted by molar-refractivity contribution is 5.95. The smallest absolute Gasteiger partial charge is 0.246 e. The van der Waals surface area contributed by atoms with E-state index < -0.39 is 17.2 Å². The Morgan fingerprint density at radius 2 is 2.00 bits per heavy atom. The van der Waals surface area contributed by atoms with Gasteiger partial charge in [0.25, 0.3) is 0 Å². The number of carbonyl (C=O) groups excluding carboxylic acids is 1. The lowest BCUT2D eigenvalue weighted by molar-refractivity contribution is -0.125. The Labute approximate surface area is 199 Å². The summed E-state index contributed by atoms with van der Waals surface area (Å²) < 4.78 is 41.2. The highest BCUT2D eigenvalue weighted by Gasteiger charge is 2.30. The van der Waals surface area contributed by atoms with Crippen molar-refractivity contribution in [1.29, 1.82) is 0 Å². The zero-order chi connectivity index (χ0) is 25.3. The van der Waals surface area contributed by atoms with Gasteiger partial charge in [-0.15, -0.1) is 0 Å². The lowest BCUT2D eigenvalue weighted by atomic mass is 10.1. The monoisotopic (exact) mass is 483 g/mol. The minimum absolute atomic E-state index is 0.0916. The number of pyridine rings is 1. The first-order valence-electron chi connectivity index (χ1n) is 10.6. The van der Waals surface area contributed by atoms with Gasteiger partial charge in [0.2, 0.25) is 5.91 Å². The topological polar surface area (TPSA) is 116 Å². The molecule has 1 unspecified atom stereocenters. The van der Waals surface area contributed by atoms with Crippen LogP contribution in [0.3, 0.4) is 0 Å². The minimum Gasteiger partial charge on any atom is -0.493 e. The first-order chi connectivity index (χ1) is 16.8. The molecule has 1 atom stereocenters. The molecule has 1 amide bonds. The van der Waals surface area contributed by atoms with Crippen LogP contribution in [-0.2, 0) is 11.4 Å². The third-order valence-corrected chi connectivity index (χ3v) is 5.88. The van der Waals surface area contributed by atoms with Gasteiger partial charge in [-0.25, -0.2) is 13.8 Å². The molecule has 9 nitrogen and oxygen atoms in total. The van der Waals surface area contributed by atoms with Crippen LogP contribution >= 0.6 is 0 Å². The predicted octanol–water partition coefficient (Wildman–Crippen LogP) is 2.16. The quantitative estimate of drug-likeness (QED) is 0.422. The van der Waals surface area contributed by atoms with E-state index in [0.717, 1.165) is 6.07 Å². The number of hydrogen-bond donors (Lipinski definition) is 2. The summed E-state index contributed by atoms with van der Waals surface area (Å²) in [5.74, 6) is 2.63. The number of aromatic nitrogens is 3. The summed E-state index contributed by atoms with van der Waals surface area (Å²) in [7, 11) is 2.49. The number of likely N-dealkylation sites (tertiary alicyclic amines) is 1. The fraction of sp³-hybridized carbons (Fsp3) is 0.292. The molecule has 4 rings (SSSR count). The molecular weight excluding hydrogens is 460 g/mol. The van der Waals surface area contributed by atoms with Crippen LogP contribution in [0.15, 0.2) is 24.9 Å². The van der Waals surface area contributed by atoms with Gasteiger partial charge in [-0.1, -0.05) is 12.5 Å². The number of aliphatic hydroxyl groups excluding tert-OH is 1. The summed E-state index contributed by atoms with van der Waals surface area (Å²) in [5, 5.41) is 14.8. The molecule has 1 saturated heterocycles. The average Bonchev–Trinajstić information content (AvgIpc) is 3.50. The van der Waals surface area contributed by atoms with Gasteiger partial charge in [-0.3, -0.25) is 9.48 Å². The third-order valence-electron chi connectivity index (χ3n) is 5.88. The van der Waals surface area contributed by atoms with Crippen LogP contribution in [-0.4, -0.2) is 58.0 Å². The second kappa shape index (κ2) is 9.60. The zero-order valence-electron chi connectivity index (χ0n) is 19.1. The number of rotatable bonds is 5. The van der Waals surface area contributed by atoms with Gasteiger partial charge in [0.1, 0.15) is 17.1 Å². The molecule has 0 bridgehead atoms. The summed E-state index contributed by atoms with van der Waals surface area (Å²) >= 11 is 0. The molecule has 0 spiro atoms. The van der Waals surface area contributed by atoms with Gasteiger partial charge in [-0.05, 0) is 18.4 Å². The fourth-order valence-electron chi connectivity index (χ4n) is 4.11. The van der Waals surface area contributed by atoms with E-state index >= 15 is 0 Å². The van der Waals surface area contributed by atoms with E-state index in [1.54, 1.807) is 9.58 Å². The van der Waals surface area contributed by atoms with Crippen molar-refractivity contribution in [2.45, 2.75) is 19.1 Å². The maximum Gasteiger partial charge on any atom is 0.246 e. The van der Waals surface area contributed by atoms with Crippen molar-refractivity contribution in [3.63, 3.8) is 0 Å². The molecule has 0 saturated carbocycles. The number of ether oxygens (including phenoxy) is 2. The molecule has 3 N–H and O–H groups in total. The number of benzene rings is 1. The summed E-state index contributed by atoms with van der Waals surface area (Å²) in [6.45, 7) is 4.02. The van der Waals surface area contributed by atoms with E-state index in [2.05, 4.69) is 28.5 Å². The maximum absolute atomic E-state index is 14.8. The number of fused-ring (bicyclic) bond motifs is 1. The Kier molecular flexibility index (Phi) is 6.57. The van der Waals surface area contributed by atoms with Gasteiger partial charge in [-0.2, -0.15) is 5.10 Å². The van der Waals surface area contributed by atoms with Crippen LogP contribution in [0.25, 0.3) is 10.9 Å². The Bertz CT molecular complexity index is 1360. The number of carbonyl (C=O) groups is 1. The molecular formula is C24H23F2N5O4. The molecule has 11 heteroatoms. The molecule has 2 aromatic heterocycles. The van der Waals surface area contributed by atoms with E-state index in [-0.39, 0.29) is 41.6 Å². The van der Waals surface area contributed by atoms with Crippen LogP contribution in [0.5, 0.6) is 11.5 Å². The molecule has 182 valence electrons. The molecule has 1 fully saturated rings. The van der Waals surface area contributed by atoms with Crippen molar-refractivity contribution in [3.8, 4) is 23.3 Å². The van der Waals surface area contributed by atoms with Crippen LogP contribution in [0.1, 0.15) is 29.3 Å². The Balaban J connectivity index is 1.89. The zero-order valence-corrected chi connectivity index (χ0v) is 19.1. The maximum atomic E-state index is 14.8. The number of nitrogens with zero attached hydrogens (tertiary/aromatic N) is 4. The van der Waals surface area contributed by atoms with Crippen LogP contribution in [0, 0.1) is 23.5 Å². The molecule has 1 aromatic carbocycles. The van der Waals surface area contributed by atoms with Crippen molar-refractivity contribution in [1.82, 2.24) is 19.7 Å². The molecule has 35 heavy (non-hydrogen) atoms. The number of amides is 1. The normalized spacial score (nSPS) is 15.1. The predicted molar refractivity (Wildman–Crippen MR) is 124 cm³/mol. The van der Waals surface area contributed by atoms with Gasteiger partial charge >= 0.3 is 0 Å². The van der Waals surface area contributed by atoms with E-state index in [1.165, 1.54) is 26.5 Å². The van der Waals surface area contributed by atoms with Crippen LogP contribution < -0.4 is 15.2 Å². The summed E-state index contributed by atoms with van der Waals surface area (Å²) in [6.07, 6.45) is 3.26. The van der Waals surface area contributed by atoms with Gasteiger partial charge < -0.3 is 25.2 Å². The first-order valence-corrected chi connectivity index (χ1v) is 10.6. The molecule has 3 heterocycles. The number of anilines is 1. The third kappa shape index (κ3) is 4.13. The lowest BCUT2D eigenvalue weighted by Gasteiger charge is -2.16. The second-order valence-electron chi connectivity index (χ2n) is 7.81. The fourth-order valence-corrected chi connectivity index (χ4v) is 4.11. The van der Waals surface area contributed by atoms with Gasteiger partial charge in [0.05, 0.1) is 37.8 Å². The Morgan fingerprint density at radius 3 is 2.60 bits per heavy atom. The van der Waals surface area contributed by atoms with Crippen molar-refractivity contribution in [2.75, 3.05) is 33.0 Å². The van der Waals surface area contributed by atoms with E-state index in [1.807, 2.05) is 0 Å². The molecule has 0 radical (unpaired) electrons. The van der Waals surface area contributed by atoms with Gasteiger partial charge in [0.15, 0.2) is 23.1 Å². The number of aliphatic hydroxyl groups is 1. The highest BCUT2D eigenvalue weighted by atomic mass is 19.1. The SMILES string of the molecule is C=CC(=O)N1CCC(n2nc(C#Cc3c(F)c(OC)cc(OC)c3F)c3c(N)ncc(CO)c32)C1. The van der Waals surface area contributed by atoms with Crippen molar-refractivity contribution in [2.24, 2.45) is 0 Å². The molecule has 0 aliphatic carbocycles. The molecule has 1 aliphatic rings. The van der Waals surface area contributed by atoms with E-state index in [4.69, 9.17) is 15.2 Å². The molecule has 3 aromatic rings. The molecule has 1 aliphatic heterocycles. The summed E-state index contributed by atoms with van der Waals surface area (Å²) in [6, 6.07) is 0.848. The minimum atomic E-state index is -0.987. The van der Waals surface area contributed by atoms with Crippen molar-refractivity contribution < 1.29 is 28.2 Å². The van der Waals surface area contributed by atoms with Crippen molar-refractivity contribution >= 4 is 22.6 Å². The average molecular weight is 483 g/mol. The second-order valence-corrected chi connectivity index (χ2v) is 7.81. The number of nitrogens with two attached hydrogens (primary N) is 1. The largest absolute Gasteiger partial charge is 0.493 e. The number of hydrogen-bond acceptors (Lipinski definition) is 7. The first kappa shape index (κ1) is 24.0. The van der Waals surface area contributed by atoms with Crippen LogP contribution in [0.2, 0.25) is 0 Å². The van der Waals surface area contributed by atoms with E-state index in [9.17, 15) is 18.7 Å². The Hall–Kier alpha value is -4.17. The summed E-state index contributed by atoms with van der Waals surface area (Å²) in [5.41, 5.74) is 6.63. The van der Waals surface area contributed by atoms with Crippen LogP contribution in [0.4, 0.5) is 14.6 Å². The number of methoxy groups -OCH3 is 2. The Morgan fingerprint density at radius 1 is 1.31 bits per heavy atom. The van der Waals surface area contributed by atoms with E-state index in [0.29, 0.717) is 36.0 Å². The van der Waals surface area contributed by atoms with Crippen molar-refractivity contribution in [3.05, 3.63) is 53.4 Å². The number of halogens is 2.